The van der Waals surface area contributed by atoms with Gasteiger partial charge in [-0.15, -0.1) is 0 Å². The fourth-order valence-electron chi connectivity index (χ4n) is 2.50. The largest absolute Gasteiger partial charge is 0.484 e. The fourth-order valence-corrected chi connectivity index (χ4v) is 3.52. The third-order valence-electron chi connectivity index (χ3n) is 4.01. The van der Waals surface area contributed by atoms with E-state index >= 15 is 0 Å². The summed E-state index contributed by atoms with van der Waals surface area (Å²) in [6.45, 7) is 4.63. The van der Waals surface area contributed by atoms with Crippen molar-refractivity contribution in [3.63, 3.8) is 0 Å². The number of rotatable bonds is 10. The maximum Gasteiger partial charge on any atom is 0.258 e. The number of benzene rings is 2. The zero-order valence-corrected chi connectivity index (χ0v) is 17.1. The number of methoxy groups -OCH3 is 1. The number of carbonyl (C=O) groups is 1. The van der Waals surface area contributed by atoms with Gasteiger partial charge >= 0.3 is 0 Å². The van der Waals surface area contributed by atoms with Gasteiger partial charge in [0.25, 0.3) is 5.91 Å². The van der Waals surface area contributed by atoms with Gasteiger partial charge in [-0.25, -0.2) is 13.1 Å². The van der Waals surface area contributed by atoms with Crippen molar-refractivity contribution in [1.29, 1.82) is 0 Å². The number of carbonyl (C=O) groups excluding carboxylic acids is 1. The maximum atomic E-state index is 12.1. The summed E-state index contributed by atoms with van der Waals surface area (Å²) in [6, 6.07) is 12.1. The van der Waals surface area contributed by atoms with E-state index in [2.05, 4.69) is 10.0 Å². The lowest BCUT2D eigenvalue weighted by molar-refractivity contribution is -0.123. The fraction of sp³-hybridized carbons (Fsp3) is 0.350. The van der Waals surface area contributed by atoms with Crippen molar-refractivity contribution in [2.24, 2.45) is 0 Å². The molecule has 0 fully saturated rings. The summed E-state index contributed by atoms with van der Waals surface area (Å²) < 4.78 is 37.0. The number of ether oxygens (including phenoxy) is 2. The zero-order valence-electron chi connectivity index (χ0n) is 16.3. The minimum Gasteiger partial charge on any atom is -0.484 e. The summed E-state index contributed by atoms with van der Waals surface area (Å²) in [4.78, 5) is 12.2. The van der Waals surface area contributed by atoms with Crippen molar-refractivity contribution < 1.29 is 22.7 Å². The predicted molar refractivity (Wildman–Crippen MR) is 107 cm³/mol. The van der Waals surface area contributed by atoms with E-state index in [1.54, 1.807) is 12.1 Å². The standard InChI is InChI=1S/C20H26N2O5S/c1-15-4-9-19(16(2)12-15)27-14-20(23)21-13-17-5-7-18(8-6-17)28(24,25)22-10-11-26-3/h4-9,12,22H,10-11,13-14H2,1-3H3,(H,21,23). The van der Waals surface area contributed by atoms with Crippen LogP contribution in [0.5, 0.6) is 5.75 Å². The minimum atomic E-state index is -3.56. The lowest BCUT2D eigenvalue weighted by Gasteiger charge is -2.11. The number of hydrogen-bond donors (Lipinski definition) is 2. The molecule has 8 heteroatoms. The Morgan fingerprint density at radius 2 is 1.79 bits per heavy atom. The van der Waals surface area contributed by atoms with Crippen LogP contribution in [-0.2, 0) is 26.1 Å². The van der Waals surface area contributed by atoms with E-state index in [0.29, 0.717) is 12.4 Å². The highest BCUT2D eigenvalue weighted by molar-refractivity contribution is 7.89. The Balaban J connectivity index is 1.83. The van der Waals surface area contributed by atoms with Gasteiger partial charge < -0.3 is 14.8 Å². The molecule has 0 spiro atoms. The van der Waals surface area contributed by atoms with Crippen molar-refractivity contribution in [2.45, 2.75) is 25.3 Å². The van der Waals surface area contributed by atoms with E-state index in [1.807, 2.05) is 32.0 Å². The molecule has 2 aromatic carbocycles. The molecule has 0 saturated carbocycles. The van der Waals surface area contributed by atoms with E-state index in [9.17, 15) is 13.2 Å². The van der Waals surface area contributed by atoms with Crippen LogP contribution in [-0.4, -0.2) is 41.2 Å². The Kier molecular flexibility index (Phi) is 7.98. The van der Waals surface area contributed by atoms with Crippen LogP contribution in [0.4, 0.5) is 0 Å². The second kappa shape index (κ2) is 10.2. The molecule has 0 aliphatic rings. The summed E-state index contributed by atoms with van der Waals surface area (Å²) in [5.74, 6) is 0.425. The number of sulfonamides is 1. The van der Waals surface area contributed by atoms with E-state index < -0.39 is 10.0 Å². The predicted octanol–water partition coefficient (Wildman–Crippen LogP) is 1.92. The molecular weight excluding hydrogens is 380 g/mol. The molecule has 1 amide bonds. The monoisotopic (exact) mass is 406 g/mol. The van der Waals surface area contributed by atoms with Gasteiger partial charge in [-0.2, -0.15) is 0 Å². The van der Waals surface area contributed by atoms with E-state index in [1.165, 1.54) is 19.2 Å². The second-order valence-electron chi connectivity index (χ2n) is 6.37. The lowest BCUT2D eigenvalue weighted by atomic mass is 10.1. The third kappa shape index (κ3) is 6.63. The van der Waals surface area contributed by atoms with Gasteiger partial charge in [0, 0.05) is 20.2 Å². The van der Waals surface area contributed by atoms with Crippen LogP contribution in [0.2, 0.25) is 0 Å². The normalized spacial score (nSPS) is 11.2. The van der Waals surface area contributed by atoms with Gasteiger partial charge in [0.2, 0.25) is 10.0 Å². The van der Waals surface area contributed by atoms with Gasteiger partial charge in [-0.3, -0.25) is 4.79 Å². The van der Waals surface area contributed by atoms with Crippen LogP contribution in [0.1, 0.15) is 16.7 Å². The first kappa shape index (κ1) is 21.9. The molecule has 28 heavy (non-hydrogen) atoms. The highest BCUT2D eigenvalue weighted by Crippen LogP contribution is 2.18. The summed E-state index contributed by atoms with van der Waals surface area (Å²) in [5, 5.41) is 2.75. The first-order valence-corrected chi connectivity index (χ1v) is 10.3. The molecule has 0 atom stereocenters. The Hall–Kier alpha value is -2.42. The average molecular weight is 407 g/mol. The first-order chi connectivity index (χ1) is 13.3. The maximum absolute atomic E-state index is 12.1. The number of hydrogen-bond acceptors (Lipinski definition) is 5. The highest BCUT2D eigenvalue weighted by atomic mass is 32.2. The molecule has 7 nitrogen and oxygen atoms in total. The molecule has 0 radical (unpaired) electrons. The smallest absolute Gasteiger partial charge is 0.258 e. The quantitative estimate of drug-likeness (QED) is 0.588. The Morgan fingerprint density at radius 1 is 1.07 bits per heavy atom. The van der Waals surface area contributed by atoms with Crippen molar-refractivity contribution in [3.05, 3.63) is 59.2 Å². The summed E-state index contributed by atoms with van der Waals surface area (Å²) >= 11 is 0. The van der Waals surface area contributed by atoms with Gasteiger partial charge in [-0.05, 0) is 43.2 Å². The van der Waals surface area contributed by atoms with Gasteiger partial charge in [0.1, 0.15) is 5.75 Å². The summed E-state index contributed by atoms with van der Waals surface area (Å²) in [7, 11) is -2.06. The molecule has 2 aromatic rings. The van der Waals surface area contributed by atoms with Crippen molar-refractivity contribution >= 4 is 15.9 Å². The molecule has 0 heterocycles. The molecule has 2 rings (SSSR count). The zero-order chi connectivity index (χ0) is 20.6. The van der Waals surface area contributed by atoms with E-state index in [0.717, 1.165) is 16.7 Å². The molecule has 0 aliphatic heterocycles. The Labute approximate surface area is 166 Å². The average Bonchev–Trinajstić information content (AvgIpc) is 2.66. The van der Waals surface area contributed by atoms with Gasteiger partial charge in [-0.1, -0.05) is 29.8 Å². The summed E-state index contributed by atoms with van der Waals surface area (Å²) in [5.41, 5.74) is 2.90. The third-order valence-corrected chi connectivity index (χ3v) is 5.49. The number of nitrogens with one attached hydrogen (secondary N) is 2. The Bertz CT molecular complexity index is 895. The molecule has 0 aliphatic carbocycles. The van der Waals surface area contributed by atoms with Crippen molar-refractivity contribution in [1.82, 2.24) is 10.0 Å². The van der Waals surface area contributed by atoms with Crippen molar-refractivity contribution in [3.8, 4) is 5.75 Å². The van der Waals surface area contributed by atoms with Crippen LogP contribution in [0, 0.1) is 13.8 Å². The molecular formula is C20H26N2O5S. The topological polar surface area (TPSA) is 93.7 Å². The number of amides is 1. The van der Waals surface area contributed by atoms with Crippen LogP contribution >= 0.6 is 0 Å². The molecule has 0 saturated heterocycles. The molecule has 2 N–H and O–H groups in total. The van der Waals surface area contributed by atoms with Gasteiger partial charge in [0.15, 0.2) is 6.61 Å². The molecule has 0 aromatic heterocycles. The summed E-state index contributed by atoms with van der Waals surface area (Å²) in [6.07, 6.45) is 0. The van der Waals surface area contributed by atoms with Crippen LogP contribution < -0.4 is 14.8 Å². The van der Waals surface area contributed by atoms with Crippen LogP contribution in [0.3, 0.4) is 0 Å². The SMILES string of the molecule is COCCNS(=O)(=O)c1ccc(CNC(=O)COc2ccc(C)cc2C)cc1. The molecule has 152 valence electrons. The van der Waals surface area contributed by atoms with Crippen LogP contribution in [0.15, 0.2) is 47.4 Å². The number of aryl methyl sites for hydroxylation is 2. The van der Waals surface area contributed by atoms with Crippen LogP contribution in [0.25, 0.3) is 0 Å². The second-order valence-corrected chi connectivity index (χ2v) is 8.14. The Morgan fingerprint density at radius 3 is 2.43 bits per heavy atom. The minimum absolute atomic E-state index is 0.0835. The van der Waals surface area contributed by atoms with E-state index in [4.69, 9.17) is 9.47 Å². The highest BCUT2D eigenvalue weighted by Gasteiger charge is 2.13. The molecule has 0 bridgehead atoms. The lowest BCUT2D eigenvalue weighted by Crippen LogP contribution is -2.28. The van der Waals surface area contributed by atoms with Gasteiger partial charge in [0.05, 0.1) is 11.5 Å². The van der Waals surface area contributed by atoms with E-state index in [-0.39, 0.29) is 30.5 Å². The molecule has 0 unspecified atom stereocenters. The van der Waals surface area contributed by atoms with Crippen molar-refractivity contribution in [2.75, 3.05) is 26.9 Å². The first-order valence-electron chi connectivity index (χ1n) is 8.86.